The van der Waals surface area contributed by atoms with Gasteiger partial charge in [-0.1, -0.05) is 42.3 Å². The van der Waals surface area contributed by atoms with Crippen LogP contribution in [0.25, 0.3) is 0 Å². The molecule has 3 rings (SSSR count). The first kappa shape index (κ1) is 24.1. The fourth-order valence-electron chi connectivity index (χ4n) is 3.58. The summed E-state index contributed by atoms with van der Waals surface area (Å²) in [6.45, 7) is 7.30. The molecule has 172 valence electrons. The predicted octanol–water partition coefficient (Wildman–Crippen LogP) is 4.85. The van der Waals surface area contributed by atoms with Gasteiger partial charge in [0.25, 0.3) is 0 Å². The van der Waals surface area contributed by atoms with Crippen LogP contribution in [0.3, 0.4) is 0 Å². The van der Waals surface area contributed by atoms with Crippen LogP contribution in [0.2, 0.25) is 5.02 Å². The highest BCUT2D eigenvalue weighted by atomic mass is 35.5. The van der Waals surface area contributed by atoms with Gasteiger partial charge in [-0.15, -0.1) is 0 Å². The van der Waals surface area contributed by atoms with Crippen LogP contribution in [0.5, 0.6) is 0 Å². The fraction of sp³-hybridized carbons (Fsp3) is 0.348. The molecule has 0 aromatic heterocycles. The maximum absolute atomic E-state index is 13.1. The van der Waals surface area contributed by atoms with Crippen LogP contribution >= 0.6 is 11.6 Å². The molecule has 2 aromatic rings. The molecular weight excluding hydrogens is 448 g/mol. The first-order valence-corrected chi connectivity index (χ1v) is 11.9. The normalized spacial score (nSPS) is 16.4. The molecule has 2 amide bonds. The number of anilines is 2. The number of benzene rings is 2. The van der Waals surface area contributed by atoms with Crippen LogP contribution in [0.1, 0.15) is 31.4 Å². The molecule has 9 heteroatoms. The Labute approximate surface area is 197 Å². The molecule has 1 heterocycles. The Morgan fingerprint density at radius 2 is 1.81 bits per heavy atom. The minimum absolute atomic E-state index is 0.294. The third-order valence-corrected chi connectivity index (χ3v) is 6.52. The number of carbonyl (C=O) groups excluding carboxylic acids is 1. The van der Waals surface area contributed by atoms with E-state index in [2.05, 4.69) is 11.8 Å². The number of hydrogen-bond acceptors (Lipinski definition) is 5. The molecule has 0 saturated heterocycles. The quantitative estimate of drug-likeness (QED) is 0.535. The molecule has 1 aliphatic heterocycles. The summed E-state index contributed by atoms with van der Waals surface area (Å²) in [5, 5.41) is 0.651. The van der Waals surface area contributed by atoms with Crippen LogP contribution in [-0.4, -0.2) is 44.4 Å². The summed E-state index contributed by atoms with van der Waals surface area (Å²) >= 11 is 3.79. The van der Waals surface area contributed by atoms with Gasteiger partial charge in [-0.2, -0.15) is 0 Å². The number of carbonyl (C=O) groups is 1. The zero-order valence-corrected chi connectivity index (χ0v) is 20.3. The van der Waals surface area contributed by atoms with E-state index in [4.69, 9.17) is 11.6 Å². The Morgan fingerprint density at radius 1 is 1.16 bits per heavy atom. The van der Waals surface area contributed by atoms with Crippen molar-refractivity contribution in [1.29, 1.82) is 0 Å². The fourth-order valence-corrected chi connectivity index (χ4v) is 4.33. The average molecular weight is 476 g/mol. The zero-order valence-electron chi connectivity index (χ0n) is 18.7. The summed E-state index contributed by atoms with van der Waals surface area (Å²) in [7, 11) is 2.03. The van der Waals surface area contributed by atoms with Gasteiger partial charge in [-0.3, -0.25) is 9.11 Å². The zero-order chi connectivity index (χ0) is 23.4. The number of amides is 2. The minimum atomic E-state index is -2.75. The highest BCUT2D eigenvalue weighted by Crippen LogP contribution is 2.28. The molecule has 2 unspecified atom stereocenters. The lowest BCUT2D eigenvalue weighted by molar-refractivity contribution is 0.168. The van der Waals surface area contributed by atoms with Crippen molar-refractivity contribution in [2.75, 3.05) is 22.8 Å². The second kappa shape index (κ2) is 10.4. The van der Waals surface area contributed by atoms with Gasteiger partial charge < -0.3 is 14.4 Å². The van der Waals surface area contributed by atoms with E-state index in [1.54, 1.807) is 36.7 Å². The van der Waals surface area contributed by atoms with E-state index in [-0.39, 0.29) is 6.17 Å². The number of halogens is 1. The van der Waals surface area contributed by atoms with E-state index in [0.29, 0.717) is 17.3 Å². The highest BCUT2D eigenvalue weighted by molar-refractivity contribution is 7.81. The van der Waals surface area contributed by atoms with E-state index in [1.165, 1.54) is 4.90 Å². The SMILES string of the molecule is CCCN(C)c1ccc(CN2C=CN(C(=O)N(c3ccc(C)cc3)S(=O)[O-])C2C)c(Cl)c1. The topological polar surface area (TPSA) is 70.2 Å². The van der Waals surface area contributed by atoms with Crippen LogP contribution in [-0.2, 0) is 17.8 Å². The standard InChI is InChI=1S/C23H29ClN4O3S/c1-5-12-25(4)21-11-8-19(22(24)15-21)16-26-13-14-27(18(26)3)23(29)28(32(30)31)20-9-6-17(2)7-10-20/h6-11,13-15,18H,5,12,16H2,1-4H3,(H,30,31)/p-1. The summed E-state index contributed by atoms with van der Waals surface area (Å²) in [6, 6.07) is 12.1. The molecule has 0 spiro atoms. The van der Waals surface area contributed by atoms with E-state index < -0.39 is 17.3 Å². The van der Waals surface area contributed by atoms with Crippen molar-refractivity contribution in [3.8, 4) is 0 Å². The Bertz CT molecular complexity index is 1010. The lowest BCUT2D eigenvalue weighted by atomic mass is 10.1. The molecule has 0 aliphatic carbocycles. The molecule has 2 atom stereocenters. The number of rotatable bonds is 7. The molecule has 0 N–H and O–H groups in total. The summed E-state index contributed by atoms with van der Waals surface area (Å²) in [5.74, 6) is 0. The number of hydrogen-bond donors (Lipinski definition) is 0. The summed E-state index contributed by atoms with van der Waals surface area (Å²) < 4.78 is 24.5. The third kappa shape index (κ3) is 5.26. The molecule has 0 fully saturated rings. The first-order valence-electron chi connectivity index (χ1n) is 10.4. The van der Waals surface area contributed by atoms with Crippen molar-refractivity contribution in [2.45, 2.75) is 39.9 Å². The summed E-state index contributed by atoms with van der Waals surface area (Å²) in [5.41, 5.74) is 3.24. The van der Waals surface area contributed by atoms with Crippen molar-refractivity contribution in [2.24, 2.45) is 0 Å². The molecule has 0 saturated carbocycles. The van der Waals surface area contributed by atoms with Crippen molar-refractivity contribution >= 4 is 40.3 Å². The Kier molecular flexibility index (Phi) is 7.82. The monoisotopic (exact) mass is 475 g/mol. The van der Waals surface area contributed by atoms with Gasteiger partial charge >= 0.3 is 6.03 Å². The molecule has 0 radical (unpaired) electrons. The Balaban J connectivity index is 1.73. The van der Waals surface area contributed by atoms with Crippen LogP contribution in [0.15, 0.2) is 54.9 Å². The second-order valence-electron chi connectivity index (χ2n) is 7.84. The molecule has 7 nitrogen and oxygen atoms in total. The Morgan fingerprint density at radius 3 is 2.41 bits per heavy atom. The minimum Gasteiger partial charge on any atom is -0.755 e. The first-order chi connectivity index (χ1) is 15.2. The van der Waals surface area contributed by atoms with E-state index in [0.717, 1.165) is 34.1 Å². The average Bonchev–Trinajstić information content (AvgIpc) is 3.11. The van der Waals surface area contributed by atoms with Gasteiger partial charge in [0.05, 0.1) is 17.0 Å². The summed E-state index contributed by atoms with van der Waals surface area (Å²) in [6.07, 6.45) is 4.04. The maximum Gasteiger partial charge on any atom is 0.341 e. The molecule has 32 heavy (non-hydrogen) atoms. The van der Waals surface area contributed by atoms with Gasteiger partial charge in [0, 0.05) is 43.2 Å². The van der Waals surface area contributed by atoms with Crippen LogP contribution in [0.4, 0.5) is 16.2 Å². The van der Waals surface area contributed by atoms with Crippen LogP contribution < -0.4 is 9.21 Å². The number of urea groups is 1. The number of aryl methyl sites for hydroxylation is 1. The Hall–Kier alpha value is -2.55. The smallest absolute Gasteiger partial charge is 0.341 e. The van der Waals surface area contributed by atoms with Gasteiger partial charge in [-0.25, -0.2) is 9.10 Å². The molecule has 1 aliphatic rings. The second-order valence-corrected chi connectivity index (χ2v) is 9.04. The van der Waals surface area contributed by atoms with Gasteiger partial charge in [0.15, 0.2) is 0 Å². The van der Waals surface area contributed by atoms with E-state index in [9.17, 15) is 13.6 Å². The van der Waals surface area contributed by atoms with Crippen molar-refractivity contribution in [3.05, 3.63) is 71.0 Å². The lowest BCUT2D eigenvalue weighted by Crippen LogP contribution is -2.47. The van der Waals surface area contributed by atoms with E-state index in [1.807, 2.05) is 44.0 Å². The summed E-state index contributed by atoms with van der Waals surface area (Å²) in [4.78, 5) is 18.6. The van der Waals surface area contributed by atoms with E-state index >= 15 is 0 Å². The highest BCUT2D eigenvalue weighted by Gasteiger charge is 2.32. The van der Waals surface area contributed by atoms with Gasteiger partial charge in [0.2, 0.25) is 0 Å². The van der Waals surface area contributed by atoms with Gasteiger partial charge in [0.1, 0.15) is 6.17 Å². The third-order valence-electron chi connectivity index (χ3n) is 5.50. The molecular formula is C23H28ClN4O3S-. The van der Waals surface area contributed by atoms with Gasteiger partial charge in [-0.05, 0) is 50.1 Å². The van der Waals surface area contributed by atoms with Crippen molar-refractivity contribution < 1.29 is 13.6 Å². The molecule has 2 aromatic carbocycles. The van der Waals surface area contributed by atoms with Crippen molar-refractivity contribution in [3.63, 3.8) is 0 Å². The number of nitrogens with zero attached hydrogens (tertiary/aromatic N) is 4. The largest absolute Gasteiger partial charge is 0.755 e. The maximum atomic E-state index is 13.1. The van der Waals surface area contributed by atoms with Crippen molar-refractivity contribution in [1.82, 2.24) is 9.80 Å². The predicted molar refractivity (Wildman–Crippen MR) is 129 cm³/mol. The van der Waals surface area contributed by atoms with Crippen LogP contribution in [0, 0.1) is 6.92 Å². The molecule has 0 bridgehead atoms. The lowest BCUT2D eigenvalue weighted by Gasteiger charge is -2.33.